The zero-order valence-electron chi connectivity index (χ0n) is 16.9. The fraction of sp³-hybridized carbons (Fsp3) is 0.727. The summed E-state index contributed by atoms with van der Waals surface area (Å²) in [6, 6.07) is 7.74. The van der Waals surface area contributed by atoms with Crippen LogP contribution in [0, 0.1) is 11.3 Å². The third-order valence-electron chi connectivity index (χ3n) is 7.25. The quantitative estimate of drug-likeness (QED) is 0.799. The van der Waals surface area contributed by atoms with Crippen molar-refractivity contribution in [2.24, 2.45) is 0 Å². The zero-order chi connectivity index (χ0) is 18.9. The maximum absolute atomic E-state index is 9.65. The third kappa shape index (κ3) is 3.46. The summed E-state index contributed by atoms with van der Waals surface area (Å²) in [5, 5.41) is 9.65. The topological polar surface area (TPSA) is 49.6 Å². The largest absolute Gasteiger partial charge is 0.355 e. The SMILES string of the molecule is N#Cc1ccc(N2CCC(N3CCCC3)C2)nc1N1CCC(N2CCCC2)C1. The lowest BCUT2D eigenvalue weighted by Gasteiger charge is -2.26. The van der Waals surface area contributed by atoms with E-state index in [4.69, 9.17) is 4.98 Å². The van der Waals surface area contributed by atoms with E-state index in [2.05, 4.69) is 31.7 Å². The highest BCUT2D eigenvalue weighted by molar-refractivity contribution is 5.60. The van der Waals surface area contributed by atoms with E-state index in [9.17, 15) is 5.26 Å². The van der Waals surface area contributed by atoms with Crippen LogP contribution in [0.3, 0.4) is 0 Å². The molecule has 0 saturated carbocycles. The van der Waals surface area contributed by atoms with Crippen molar-refractivity contribution < 1.29 is 0 Å². The average Bonchev–Trinajstić information content (AvgIpc) is 3.52. The molecule has 4 aliphatic heterocycles. The molecule has 6 nitrogen and oxygen atoms in total. The summed E-state index contributed by atoms with van der Waals surface area (Å²) in [5.41, 5.74) is 0.723. The molecule has 0 radical (unpaired) electrons. The van der Waals surface area contributed by atoms with Crippen LogP contribution in [0.25, 0.3) is 0 Å². The maximum atomic E-state index is 9.65. The van der Waals surface area contributed by atoms with Gasteiger partial charge in [0.05, 0.1) is 5.56 Å². The highest BCUT2D eigenvalue weighted by Gasteiger charge is 2.33. The van der Waals surface area contributed by atoms with Gasteiger partial charge in [-0.05, 0) is 76.8 Å². The van der Waals surface area contributed by atoms with E-state index >= 15 is 0 Å². The summed E-state index contributed by atoms with van der Waals surface area (Å²) in [6.45, 7) is 9.19. The van der Waals surface area contributed by atoms with E-state index in [0.717, 1.165) is 43.4 Å². The minimum Gasteiger partial charge on any atom is -0.355 e. The van der Waals surface area contributed by atoms with E-state index in [-0.39, 0.29) is 0 Å². The van der Waals surface area contributed by atoms with Crippen molar-refractivity contribution in [2.75, 3.05) is 62.2 Å². The van der Waals surface area contributed by atoms with E-state index < -0.39 is 0 Å². The fourth-order valence-corrected chi connectivity index (χ4v) is 5.64. The Morgan fingerprint density at radius 2 is 1.36 bits per heavy atom. The molecule has 4 saturated heterocycles. The molecule has 1 aromatic rings. The Hall–Kier alpha value is -1.84. The molecule has 5 rings (SSSR count). The Kier molecular flexibility index (Phi) is 5.13. The number of likely N-dealkylation sites (tertiary alicyclic amines) is 2. The van der Waals surface area contributed by atoms with Gasteiger partial charge in [0.2, 0.25) is 0 Å². The van der Waals surface area contributed by atoms with Crippen LogP contribution in [-0.4, -0.2) is 79.2 Å². The van der Waals surface area contributed by atoms with Gasteiger partial charge >= 0.3 is 0 Å². The number of anilines is 2. The fourth-order valence-electron chi connectivity index (χ4n) is 5.64. The van der Waals surface area contributed by atoms with Crippen LogP contribution in [0.5, 0.6) is 0 Å². The minimum absolute atomic E-state index is 0.630. The van der Waals surface area contributed by atoms with E-state index in [1.54, 1.807) is 0 Å². The van der Waals surface area contributed by atoms with Crippen LogP contribution in [0.2, 0.25) is 0 Å². The first-order valence-corrected chi connectivity index (χ1v) is 11.2. The zero-order valence-corrected chi connectivity index (χ0v) is 16.9. The molecule has 28 heavy (non-hydrogen) atoms. The van der Waals surface area contributed by atoms with Crippen molar-refractivity contribution >= 4 is 11.6 Å². The first-order valence-electron chi connectivity index (χ1n) is 11.2. The molecule has 2 atom stereocenters. The van der Waals surface area contributed by atoms with Crippen molar-refractivity contribution in [1.29, 1.82) is 5.26 Å². The highest BCUT2D eigenvalue weighted by Crippen LogP contribution is 2.30. The van der Waals surface area contributed by atoms with Gasteiger partial charge in [0.25, 0.3) is 0 Å². The smallest absolute Gasteiger partial charge is 0.149 e. The lowest BCUT2D eigenvalue weighted by atomic mass is 10.2. The summed E-state index contributed by atoms with van der Waals surface area (Å²) < 4.78 is 0. The van der Waals surface area contributed by atoms with Crippen LogP contribution < -0.4 is 9.80 Å². The lowest BCUT2D eigenvalue weighted by molar-refractivity contribution is 0.260. The van der Waals surface area contributed by atoms with Gasteiger partial charge < -0.3 is 9.80 Å². The summed E-state index contributed by atoms with van der Waals surface area (Å²) in [5.74, 6) is 1.96. The number of nitrogens with zero attached hydrogens (tertiary/aromatic N) is 6. The predicted octanol–water partition coefficient (Wildman–Crippen LogP) is 2.30. The van der Waals surface area contributed by atoms with Crippen molar-refractivity contribution in [2.45, 2.75) is 50.6 Å². The first-order chi connectivity index (χ1) is 13.8. The van der Waals surface area contributed by atoms with Crippen molar-refractivity contribution in [3.8, 4) is 6.07 Å². The van der Waals surface area contributed by atoms with Gasteiger partial charge in [0.1, 0.15) is 17.7 Å². The van der Waals surface area contributed by atoms with Crippen molar-refractivity contribution in [3.63, 3.8) is 0 Å². The molecule has 0 spiro atoms. The lowest BCUT2D eigenvalue weighted by Crippen LogP contribution is -2.36. The second-order valence-electron chi connectivity index (χ2n) is 8.92. The van der Waals surface area contributed by atoms with E-state index in [1.165, 1.54) is 64.7 Å². The van der Waals surface area contributed by atoms with Crippen LogP contribution in [0.1, 0.15) is 44.1 Å². The van der Waals surface area contributed by atoms with E-state index in [1.807, 2.05) is 6.07 Å². The van der Waals surface area contributed by atoms with Gasteiger partial charge in [-0.2, -0.15) is 5.26 Å². The Morgan fingerprint density at radius 3 is 1.96 bits per heavy atom. The van der Waals surface area contributed by atoms with Gasteiger partial charge in [-0.3, -0.25) is 9.80 Å². The Balaban J connectivity index is 1.31. The predicted molar refractivity (Wildman–Crippen MR) is 112 cm³/mol. The number of rotatable bonds is 4. The number of hydrogen-bond donors (Lipinski definition) is 0. The van der Waals surface area contributed by atoms with Gasteiger partial charge in [-0.25, -0.2) is 4.98 Å². The third-order valence-corrected chi connectivity index (χ3v) is 7.25. The van der Waals surface area contributed by atoms with Gasteiger partial charge in [0, 0.05) is 38.3 Å². The standard InChI is InChI=1S/C22H32N6/c23-15-18-5-6-21(27-13-7-19(16-27)25-9-1-2-10-25)24-22(18)28-14-8-20(17-28)26-11-3-4-12-26/h5-6,19-20H,1-4,7-14,16-17H2. The normalized spacial score (nSPS) is 29.1. The Bertz CT molecular complexity index is 731. The summed E-state index contributed by atoms with van der Waals surface area (Å²) in [4.78, 5) is 15.1. The molecule has 1 aromatic heterocycles. The summed E-state index contributed by atoms with van der Waals surface area (Å²) in [6.07, 6.45) is 7.79. The monoisotopic (exact) mass is 380 g/mol. The molecule has 0 aliphatic carbocycles. The number of hydrogen-bond acceptors (Lipinski definition) is 6. The van der Waals surface area contributed by atoms with Crippen LogP contribution >= 0.6 is 0 Å². The first kappa shape index (κ1) is 18.2. The summed E-state index contributed by atoms with van der Waals surface area (Å²) >= 11 is 0. The highest BCUT2D eigenvalue weighted by atomic mass is 15.3. The molecule has 4 aliphatic rings. The average molecular weight is 381 g/mol. The molecule has 0 N–H and O–H groups in total. The number of nitriles is 1. The van der Waals surface area contributed by atoms with Crippen LogP contribution in [-0.2, 0) is 0 Å². The van der Waals surface area contributed by atoms with E-state index in [0.29, 0.717) is 12.1 Å². The Labute approximate surface area is 168 Å². The summed E-state index contributed by atoms with van der Waals surface area (Å²) in [7, 11) is 0. The molecule has 0 amide bonds. The maximum Gasteiger partial charge on any atom is 0.149 e. The molecule has 4 fully saturated rings. The second-order valence-corrected chi connectivity index (χ2v) is 8.92. The molecule has 150 valence electrons. The van der Waals surface area contributed by atoms with Gasteiger partial charge in [0.15, 0.2) is 0 Å². The molecular formula is C22H32N6. The van der Waals surface area contributed by atoms with Gasteiger partial charge in [-0.1, -0.05) is 0 Å². The molecule has 2 unspecified atom stereocenters. The molecule has 6 heteroatoms. The van der Waals surface area contributed by atoms with Crippen LogP contribution in [0.4, 0.5) is 11.6 Å². The Morgan fingerprint density at radius 1 is 0.786 bits per heavy atom. The molecule has 0 aromatic carbocycles. The number of pyridine rings is 1. The number of aromatic nitrogens is 1. The van der Waals surface area contributed by atoms with Crippen molar-refractivity contribution in [1.82, 2.24) is 14.8 Å². The van der Waals surface area contributed by atoms with Crippen molar-refractivity contribution in [3.05, 3.63) is 17.7 Å². The molecule has 0 bridgehead atoms. The minimum atomic E-state index is 0.630. The molecular weight excluding hydrogens is 348 g/mol. The van der Waals surface area contributed by atoms with Crippen LogP contribution in [0.15, 0.2) is 12.1 Å². The van der Waals surface area contributed by atoms with Gasteiger partial charge in [-0.15, -0.1) is 0 Å². The molecule has 5 heterocycles. The second kappa shape index (κ2) is 7.88.